The third-order valence-corrected chi connectivity index (χ3v) is 4.48. The third kappa shape index (κ3) is 3.31. The standard InChI is InChI=1S/C16H18N4OS/c1-9(6-11-8-18-15(22-11)16(3,4)5)13-19-10(2)12(7-17)14(21)20-13/h6,8H,1-5H3,(H,19,20,21)/b9-6+. The Morgan fingerprint density at radius 3 is 2.64 bits per heavy atom. The van der Waals surface area contributed by atoms with E-state index in [9.17, 15) is 4.79 Å². The number of H-pyrrole nitrogens is 1. The molecule has 2 rings (SSSR count). The molecular weight excluding hydrogens is 296 g/mol. The summed E-state index contributed by atoms with van der Waals surface area (Å²) in [5, 5.41) is 9.97. The fourth-order valence-electron chi connectivity index (χ4n) is 1.89. The molecule has 0 spiro atoms. The lowest BCUT2D eigenvalue weighted by Crippen LogP contribution is -2.16. The molecule has 22 heavy (non-hydrogen) atoms. The summed E-state index contributed by atoms with van der Waals surface area (Å²) in [5.74, 6) is 0.479. The van der Waals surface area contributed by atoms with Crippen LogP contribution in [0.15, 0.2) is 11.0 Å². The molecule has 0 unspecified atom stereocenters. The van der Waals surface area contributed by atoms with Crippen LogP contribution in [0, 0.1) is 18.3 Å². The highest BCUT2D eigenvalue weighted by molar-refractivity contribution is 7.12. The Kier molecular flexibility index (Phi) is 4.29. The maximum Gasteiger partial charge on any atom is 0.269 e. The smallest absolute Gasteiger partial charge is 0.269 e. The average molecular weight is 314 g/mol. The first-order valence-corrected chi connectivity index (χ1v) is 7.70. The van der Waals surface area contributed by atoms with E-state index in [0.29, 0.717) is 11.5 Å². The predicted molar refractivity (Wildman–Crippen MR) is 88.7 cm³/mol. The lowest BCUT2D eigenvalue weighted by molar-refractivity contribution is 0.585. The minimum atomic E-state index is -0.405. The zero-order valence-corrected chi connectivity index (χ0v) is 14.1. The fraction of sp³-hybridized carbons (Fsp3) is 0.375. The number of hydrogen-bond donors (Lipinski definition) is 1. The van der Waals surface area contributed by atoms with Gasteiger partial charge in [0.2, 0.25) is 0 Å². The second kappa shape index (κ2) is 5.85. The van der Waals surface area contributed by atoms with Crippen LogP contribution in [0.3, 0.4) is 0 Å². The number of aromatic amines is 1. The molecule has 0 saturated carbocycles. The van der Waals surface area contributed by atoms with Gasteiger partial charge in [-0.2, -0.15) is 5.26 Å². The Hall–Kier alpha value is -2.26. The first-order chi connectivity index (χ1) is 10.2. The summed E-state index contributed by atoms with van der Waals surface area (Å²) < 4.78 is 0. The van der Waals surface area contributed by atoms with E-state index >= 15 is 0 Å². The first-order valence-electron chi connectivity index (χ1n) is 6.88. The van der Waals surface area contributed by atoms with Gasteiger partial charge < -0.3 is 4.98 Å². The van der Waals surface area contributed by atoms with Gasteiger partial charge in [0.05, 0.1) is 10.7 Å². The summed E-state index contributed by atoms with van der Waals surface area (Å²) in [6.07, 6.45) is 3.76. The summed E-state index contributed by atoms with van der Waals surface area (Å²) in [7, 11) is 0. The van der Waals surface area contributed by atoms with E-state index in [1.807, 2.05) is 25.3 Å². The Labute approximate surface area is 133 Å². The number of thiazole rings is 1. The van der Waals surface area contributed by atoms with Crippen LogP contribution in [-0.2, 0) is 5.41 Å². The van der Waals surface area contributed by atoms with E-state index in [4.69, 9.17) is 5.26 Å². The molecule has 0 radical (unpaired) electrons. The molecule has 2 aromatic heterocycles. The van der Waals surface area contributed by atoms with Gasteiger partial charge in [-0.1, -0.05) is 20.8 Å². The van der Waals surface area contributed by atoms with Crippen LogP contribution >= 0.6 is 11.3 Å². The highest BCUT2D eigenvalue weighted by Gasteiger charge is 2.17. The number of aromatic nitrogens is 3. The molecule has 0 saturated heterocycles. The summed E-state index contributed by atoms with van der Waals surface area (Å²) in [6, 6.07) is 1.87. The van der Waals surface area contributed by atoms with Gasteiger partial charge in [-0.25, -0.2) is 9.97 Å². The molecule has 0 aromatic carbocycles. The highest BCUT2D eigenvalue weighted by atomic mass is 32.1. The van der Waals surface area contributed by atoms with Crippen molar-refractivity contribution in [1.82, 2.24) is 15.0 Å². The van der Waals surface area contributed by atoms with Crippen molar-refractivity contribution in [2.75, 3.05) is 0 Å². The van der Waals surface area contributed by atoms with Crippen LogP contribution in [0.2, 0.25) is 0 Å². The Bertz CT molecular complexity index is 831. The van der Waals surface area contributed by atoms with Gasteiger partial charge in [0.1, 0.15) is 17.5 Å². The lowest BCUT2D eigenvalue weighted by atomic mass is 9.98. The molecule has 2 aromatic rings. The largest absolute Gasteiger partial charge is 0.306 e. The molecule has 0 aliphatic heterocycles. The van der Waals surface area contributed by atoms with E-state index in [-0.39, 0.29) is 11.0 Å². The minimum Gasteiger partial charge on any atom is -0.306 e. The highest BCUT2D eigenvalue weighted by Crippen LogP contribution is 2.28. The minimum absolute atomic E-state index is 0.0161. The van der Waals surface area contributed by atoms with E-state index < -0.39 is 5.56 Å². The number of nitrogens with zero attached hydrogens (tertiary/aromatic N) is 3. The average Bonchev–Trinajstić information content (AvgIpc) is 2.86. The first kappa shape index (κ1) is 16.1. The van der Waals surface area contributed by atoms with E-state index in [2.05, 4.69) is 35.7 Å². The van der Waals surface area contributed by atoms with Gasteiger partial charge in [-0.15, -0.1) is 11.3 Å². The van der Waals surface area contributed by atoms with Crippen molar-refractivity contribution in [3.8, 4) is 6.07 Å². The van der Waals surface area contributed by atoms with Gasteiger partial charge in [-0.3, -0.25) is 4.79 Å². The number of nitrogens with one attached hydrogen (secondary N) is 1. The van der Waals surface area contributed by atoms with Gasteiger partial charge >= 0.3 is 0 Å². The van der Waals surface area contributed by atoms with Crippen molar-refractivity contribution in [2.45, 2.75) is 40.0 Å². The molecule has 0 bridgehead atoms. The maximum absolute atomic E-state index is 11.8. The number of allylic oxidation sites excluding steroid dienone is 1. The molecule has 0 amide bonds. The van der Waals surface area contributed by atoms with Crippen LogP contribution in [0.4, 0.5) is 0 Å². The number of aryl methyl sites for hydroxylation is 1. The SMILES string of the molecule is C/C(=C\c1cnc(C(C)(C)C)s1)c1nc(C)c(C#N)c(=O)[nH]1. The van der Waals surface area contributed by atoms with Crippen LogP contribution in [0.25, 0.3) is 11.6 Å². The van der Waals surface area contributed by atoms with Crippen molar-refractivity contribution in [3.63, 3.8) is 0 Å². The van der Waals surface area contributed by atoms with Crippen LogP contribution in [0.1, 0.15) is 54.7 Å². The van der Waals surface area contributed by atoms with Crippen molar-refractivity contribution < 1.29 is 0 Å². The number of hydrogen-bond acceptors (Lipinski definition) is 5. The van der Waals surface area contributed by atoms with Crippen LogP contribution in [0.5, 0.6) is 0 Å². The molecule has 2 heterocycles. The van der Waals surface area contributed by atoms with Gasteiger partial charge in [0, 0.05) is 16.5 Å². The van der Waals surface area contributed by atoms with E-state index in [0.717, 1.165) is 15.5 Å². The fourth-order valence-corrected chi connectivity index (χ4v) is 2.86. The van der Waals surface area contributed by atoms with Crippen molar-refractivity contribution >= 4 is 23.0 Å². The molecule has 0 atom stereocenters. The Balaban J connectivity index is 2.40. The summed E-state index contributed by atoms with van der Waals surface area (Å²) in [4.78, 5) is 24.2. The second-order valence-electron chi connectivity index (χ2n) is 6.13. The van der Waals surface area contributed by atoms with E-state index in [1.54, 1.807) is 18.3 Å². The van der Waals surface area contributed by atoms with Crippen molar-refractivity contribution in [1.29, 1.82) is 5.26 Å². The molecule has 1 N–H and O–H groups in total. The second-order valence-corrected chi connectivity index (χ2v) is 7.19. The normalized spacial score (nSPS) is 12.3. The number of rotatable bonds is 2. The summed E-state index contributed by atoms with van der Waals surface area (Å²) in [5.41, 5.74) is 0.937. The van der Waals surface area contributed by atoms with Crippen molar-refractivity contribution in [2.24, 2.45) is 0 Å². The van der Waals surface area contributed by atoms with Crippen LogP contribution in [-0.4, -0.2) is 15.0 Å². The molecular formula is C16H18N4OS. The lowest BCUT2D eigenvalue weighted by Gasteiger charge is -2.13. The Morgan fingerprint density at radius 2 is 2.14 bits per heavy atom. The molecule has 0 fully saturated rings. The zero-order valence-electron chi connectivity index (χ0n) is 13.3. The van der Waals surface area contributed by atoms with Gasteiger partial charge in [-0.05, 0) is 25.5 Å². The van der Waals surface area contributed by atoms with Crippen LogP contribution < -0.4 is 5.56 Å². The zero-order chi connectivity index (χ0) is 16.5. The third-order valence-electron chi connectivity index (χ3n) is 3.11. The topological polar surface area (TPSA) is 82.4 Å². The summed E-state index contributed by atoms with van der Waals surface area (Å²) >= 11 is 1.62. The molecule has 6 heteroatoms. The quantitative estimate of drug-likeness (QED) is 0.922. The monoisotopic (exact) mass is 314 g/mol. The molecule has 0 aliphatic rings. The summed E-state index contributed by atoms with van der Waals surface area (Å²) in [6.45, 7) is 9.90. The molecule has 0 aliphatic carbocycles. The Morgan fingerprint density at radius 1 is 1.45 bits per heavy atom. The van der Waals surface area contributed by atoms with Crippen molar-refractivity contribution in [3.05, 3.63) is 43.5 Å². The molecule has 5 nitrogen and oxygen atoms in total. The maximum atomic E-state index is 11.8. The van der Waals surface area contributed by atoms with Gasteiger partial charge in [0.25, 0.3) is 5.56 Å². The predicted octanol–water partition coefficient (Wildman–Crippen LogP) is 3.26. The van der Waals surface area contributed by atoms with E-state index in [1.165, 1.54) is 0 Å². The van der Waals surface area contributed by atoms with Gasteiger partial charge in [0.15, 0.2) is 0 Å². The number of nitriles is 1. The molecule has 114 valence electrons.